The standard InChI is InChI=1S/C12H25N3O2/c1-4-13-12(2,11(16)17)5-6-15-9-7-14(3)8-10-15/h13H,4-10H2,1-3H3,(H,16,17). The van der Waals surface area contributed by atoms with Gasteiger partial charge in [-0.25, -0.2) is 0 Å². The summed E-state index contributed by atoms with van der Waals surface area (Å²) >= 11 is 0. The van der Waals surface area contributed by atoms with Gasteiger partial charge in [0.1, 0.15) is 5.54 Å². The number of likely N-dealkylation sites (N-methyl/N-ethyl adjacent to an activating group) is 2. The van der Waals surface area contributed by atoms with E-state index in [9.17, 15) is 9.90 Å². The van der Waals surface area contributed by atoms with Crippen LogP contribution in [0.4, 0.5) is 0 Å². The van der Waals surface area contributed by atoms with Gasteiger partial charge in [0, 0.05) is 32.7 Å². The van der Waals surface area contributed by atoms with E-state index in [0.717, 1.165) is 32.7 Å². The summed E-state index contributed by atoms with van der Waals surface area (Å²) in [6.45, 7) is 9.48. The highest BCUT2D eigenvalue weighted by molar-refractivity contribution is 5.78. The predicted molar refractivity (Wildman–Crippen MR) is 68.3 cm³/mol. The molecule has 0 bridgehead atoms. The maximum atomic E-state index is 11.2. The van der Waals surface area contributed by atoms with Crippen molar-refractivity contribution in [3.8, 4) is 0 Å². The number of hydrogen-bond donors (Lipinski definition) is 2. The summed E-state index contributed by atoms with van der Waals surface area (Å²) in [4.78, 5) is 15.9. The Kier molecular flexibility index (Phi) is 5.36. The van der Waals surface area contributed by atoms with Crippen molar-refractivity contribution in [1.29, 1.82) is 0 Å². The Morgan fingerprint density at radius 3 is 2.41 bits per heavy atom. The van der Waals surface area contributed by atoms with Gasteiger partial charge in [0.15, 0.2) is 0 Å². The molecule has 1 heterocycles. The molecule has 2 N–H and O–H groups in total. The van der Waals surface area contributed by atoms with Crippen molar-refractivity contribution in [3.05, 3.63) is 0 Å². The Morgan fingerprint density at radius 1 is 1.35 bits per heavy atom. The molecule has 17 heavy (non-hydrogen) atoms. The number of piperazine rings is 1. The third kappa shape index (κ3) is 4.26. The normalized spacial score (nSPS) is 22.3. The maximum Gasteiger partial charge on any atom is 0.323 e. The average molecular weight is 243 g/mol. The molecule has 1 aliphatic rings. The van der Waals surface area contributed by atoms with Crippen LogP contribution in [-0.4, -0.2) is 72.7 Å². The van der Waals surface area contributed by atoms with Gasteiger partial charge in [0.25, 0.3) is 0 Å². The minimum absolute atomic E-state index is 0.653. The molecule has 1 aliphatic heterocycles. The van der Waals surface area contributed by atoms with E-state index in [4.69, 9.17) is 0 Å². The number of carbonyl (C=O) groups is 1. The summed E-state index contributed by atoms with van der Waals surface area (Å²) in [5.41, 5.74) is -0.794. The second-order valence-electron chi connectivity index (χ2n) is 5.06. The molecule has 0 aliphatic carbocycles. The molecule has 5 heteroatoms. The fourth-order valence-electron chi connectivity index (χ4n) is 2.11. The van der Waals surface area contributed by atoms with E-state index in [1.807, 2.05) is 6.92 Å². The van der Waals surface area contributed by atoms with E-state index in [0.29, 0.717) is 13.0 Å². The first-order valence-electron chi connectivity index (χ1n) is 6.37. The summed E-state index contributed by atoms with van der Waals surface area (Å²) in [7, 11) is 2.12. The Balaban J connectivity index is 2.39. The molecule has 0 aromatic carbocycles. The zero-order chi connectivity index (χ0) is 12.9. The molecule has 1 rings (SSSR count). The van der Waals surface area contributed by atoms with Crippen LogP contribution in [0.1, 0.15) is 20.3 Å². The summed E-state index contributed by atoms with van der Waals surface area (Å²) in [6.07, 6.45) is 0.653. The number of carboxylic acids is 1. The number of nitrogens with zero attached hydrogens (tertiary/aromatic N) is 2. The van der Waals surface area contributed by atoms with Crippen LogP contribution in [0, 0.1) is 0 Å². The Bertz CT molecular complexity index is 252. The van der Waals surface area contributed by atoms with E-state index >= 15 is 0 Å². The fraction of sp³-hybridized carbons (Fsp3) is 0.917. The third-order valence-electron chi connectivity index (χ3n) is 3.56. The van der Waals surface area contributed by atoms with Crippen LogP contribution in [0.3, 0.4) is 0 Å². The van der Waals surface area contributed by atoms with Gasteiger partial charge in [-0.15, -0.1) is 0 Å². The number of carboxylic acid groups (broad SMARTS) is 1. The van der Waals surface area contributed by atoms with E-state index in [2.05, 4.69) is 22.2 Å². The van der Waals surface area contributed by atoms with E-state index in [1.165, 1.54) is 0 Å². The quantitative estimate of drug-likeness (QED) is 0.692. The molecule has 0 spiro atoms. The first-order chi connectivity index (χ1) is 7.98. The molecule has 1 atom stereocenters. The molecule has 5 nitrogen and oxygen atoms in total. The van der Waals surface area contributed by atoms with Crippen LogP contribution in [0.25, 0.3) is 0 Å². The monoisotopic (exact) mass is 243 g/mol. The largest absolute Gasteiger partial charge is 0.480 e. The molecule has 1 saturated heterocycles. The van der Waals surface area contributed by atoms with Crippen LogP contribution < -0.4 is 5.32 Å². The second-order valence-corrected chi connectivity index (χ2v) is 5.06. The van der Waals surface area contributed by atoms with E-state index in [1.54, 1.807) is 6.92 Å². The molecule has 1 fully saturated rings. The predicted octanol–water partition coefficient (Wildman–Crippen LogP) is 0.0767. The SMILES string of the molecule is CCNC(C)(CCN1CCN(C)CC1)C(=O)O. The molecular formula is C12H25N3O2. The van der Waals surface area contributed by atoms with Gasteiger partial charge in [-0.2, -0.15) is 0 Å². The molecule has 0 radical (unpaired) electrons. The minimum Gasteiger partial charge on any atom is -0.480 e. The van der Waals surface area contributed by atoms with E-state index < -0.39 is 11.5 Å². The number of nitrogens with one attached hydrogen (secondary N) is 1. The number of rotatable bonds is 6. The zero-order valence-electron chi connectivity index (χ0n) is 11.2. The molecule has 1 unspecified atom stereocenters. The van der Waals surface area contributed by atoms with Crippen molar-refractivity contribution in [1.82, 2.24) is 15.1 Å². The Labute approximate surface area is 104 Å². The zero-order valence-corrected chi connectivity index (χ0v) is 11.2. The highest BCUT2D eigenvalue weighted by Crippen LogP contribution is 2.12. The van der Waals surface area contributed by atoms with Crippen LogP contribution in [0.5, 0.6) is 0 Å². The Morgan fingerprint density at radius 2 is 1.94 bits per heavy atom. The first kappa shape index (κ1) is 14.4. The summed E-state index contributed by atoms with van der Waals surface area (Å²) in [5, 5.41) is 12.3. The average Bonchev–Trinajstić information content (AvgIpc) is 2.28. The highest BCUT2D eigenvalue weighted by atomic mass is 16.4. The topological polar surface area (TPSA) is 55.8 Å². The molecule has 0 aromatic heterocycles. The van der Waals surface area contributed by atoms with Crippen molar-refractivity contribution in [2.75, 3.05) is 46.3 Å². The lowest BCUT2D eigenvalue weighted by atomic mass is 9.97. The number of aliphatic carboxylic acids is 1. The summed E-state index contributed by atoms with van der Waals surface area (Å²) < 4.78 is 0. The van der Waals surface area contributed by atoms with E-state index in [-0.39, 0.29) is 0 Å². The van der Waals surface area contributed by atoms with Gasteiger partial charge in [0.05, 0.1) is 0 Å². The first-order valence-corrected chi connectivity index (χ1v) is 6.37. The highest BCUT2D eigenvalue weighted by Gasteiger charge is 2.32. The van der Waals surface area contributed by atoms with Crippen molar-refractivity contribution in [2.45, 2.75) is 25.8 Å². The number of hydrogen-bond acceptors (Lipinski definition) is 4. The fourth-order valence-corrected chi connectivity index (χ4v) is 2.11. The molecule has 100 valence electrons. The van der Waals surface area contributed by atoms with Crippen LogP contribution >= 0.6 is 0 Å². The van der Waals surface area contributed by atoms with Gasteiger partial charge in [-0.1, -0.05) is 6.92 Å². The van der Waals surface area contributed by atoms with Gasteiger partial charge >= 0.3 is 5.97 Å². The third-order valence-corrected chi connectivity index (χ3v) is 3.56. The molecule has 0 amide bonds. The van der Waals surface area contributed by atoms with Crippen molar-refractivity contribution >= 4 is 5.97 Å². The molecular weight excluding hydrogens is 218 g/mol. The van der Waals surface area contributed by atoms with Gasteiger partial charge in [-0.05, 0) is 26.9 Å². The Hall–Kier alpha value is -0.650. The lowest BCUT2D eigenvalue weighted by molar-refractivity contribution is -0.144. The molecule has 0 aromatic rings. The molecule has 0 saturated carbocycles. The smallest absolute Gasteiger partial charge is 0.323 e. The van der Waals surface area contributed by atoms with Gasteiger partial charge < -0.3 is 20.2 Å². The lowest BCUT2D eigenvalue weighted by Gasteiger charge is -2.34. The lowest BCUT2D eigenvalue weighted by Crippen LogP contribution is -2.53. The maximum absolute atomic E-state index is 11.2. The summed E-state index contributed by atoms with van der Waals surface area (Å²) in [6, 6.07) is 0. The summed E-state index contributed by atoms with van der Waals surface area (Å²) in [5.74, 6) is -0.756. The van der Waals surface area contributed by atoms with Gasteiger partial charge in [0.2, 0.25) is 0 Å². The van der Waals surface area contributed by atoms with Crippen LogP contribution in [-0.2, 0) is 4.79 Å². The van der Waals surface area contributed by atoms with Crippen molar-refractivity contribution < 1.29 is 9.90 Å². The van der Waals surface area contributed by atoms with Gasteiger partial charge in [-0.3, -0.25) is 4.79 Å². The minimum atomic E-state index is -0.794. The second kappa shape index (κ2) is 6.33. The van der Waals surface area contributed by atoms with Crippen LogP contribution in [0.2, 0.25) is 0 Å². The van der Waals surface area contributed by atoms with Crippen molar-refractivity contribution in [2.24, 2.45) is 0 Å². The van der Waals surface area contributed by atoms with Crippen LogP contribution in [0.15, 0.2) is 0 Å². The van der Waals surface area contributed by atoms with Crippen molar-refractivity contribution in [3.63, 3.8) is 0 Å².